The minimum absolute atomic E-state index is 0.0317. The normalized spacial score (nSPS) is 21.0. The van der Waals surface area contributed by atoms with Crippen molar-refractivity contribution in [1.29, 1.82) is 5.26 Å². The first kappa shape index (κ1) is 16.6. The van der Waals surface area contributed by atoms with Crippen molar-refractivity contribution in [3.05, 3.63) is 54.2 Å². The molecule has 1 amide bonds. The third-order valence-corrected chi connectivity index (χ3v) is 5.17. The van der Waals surface area contributed by atoms with Gasteiger partial charge in [-0.1, -0.05) is 24.3 Å². The van der Waals surface area contributed by atoms with Gasteiger partial charge in [-0.25, -0.2) is 4.98 Å². The molecule has 1 unspecified atom stereocenters. The van der Waals surface area contributed by atoms with Gasteiger partial charge in [0.15, 0.2) is 0 Å². The Morgan fingerprint density at radius 1 is 0.962 bits per heavy atom. The van der Waals surface area contributed by atoms with Crippen LogP contribution < -0.4 is 9.80 Å². The van der Waals surface area contributed by atoms with Gasteiger partial charge in [-0.2, -0.15) is 5.26 Å². The number of benzene rings is 1. The highest BCUT2D eigenvalue weighted by atomic mass is 16.2. The molecule has 2 aliphatic rings. The average Bonchev–Trinajstić information content (AvgIpc) is 3.10. The summed E-state index contributed by atoms with van der Waals surface area (Å²) in [6.07, 6.45) is 0.871. The zero-order valence-electron chi connectivity index (χ0n) is 14.6. The molecule has 2 fully saturated rings. The predicted octanol–water partition coefficient (Wildman–Crippen LogP) is 1.88. The smallest absolute Gasteiger partial charge is 0.244 e. The number of carbonyl (C=O) groups excluding carboxylic acids is 1. The summed E-state index contributed by atoms with van der Waals surface area (Å²) in [6.45, 7) is 4.07. The van der Waals surface area contributed by atoms with Crippen LogP contribution in [-0.4, -0.2) is 54.6 Å². The summed E-state index contributed by atoms with van der Waals surface area (Å²) in [5, 5.41) is 9.01. The van der Waals surface area contributed by atoms with E-state index in [1.807, 2.05) is 47.4 Å². The van der Waals surface area contributed by atoms with E-state index in [1.165, 1.54) is 0 Å². The highest BCUT2D eigenvalue weighted by Crippen LogP contribution is 2.25. The second kappa shape index (κ2) is 7.14. The van der Waals surface area contributed by atoms with Crippen LogP contribution in [0.2, 0.25) is 0 Å². The van der Waals surface area contributed by atoms with E-state index in [9.17, 15) is 4.79 Å². The van der Waals surface area contributed by atoms with Gasteiger partial charge in [0.2, 0.25) is 5.91 Å². The lowest BCUT2D eigenvalue weighted by Crippen LogP contribution is -2.52. The third kappa shape index (κ3) is 3.14. The van der Waals surface area contributed by atoms with Crippen LogP contribution in [0.4, 0.5) is 11.5 Å². The minimum atomic E-state index is -0.0317. The van der Waals surface area contributed by atoms with Gasteiger partial charge in [-0.3, -0.25) is 9.69 Å². The number of pyridine rings is 1. The molecule has 0 bridgehead atoms. The molecule has 2 aliphatic heterocycles. The lowest BCUT2D eigenvalue weighted by Gasteiger charge is -2.37. The standard InChI is InChI=1S/C20H21N5O/c21-15-16-5-4-8-19(22-16)24-13-11-23(12-14-24)18-9-10-25(20(18)26)17-6-2-1-3-7-17/h1-8,18H,9-14H2. The number of nitriles is 1. The number of nitrogens with zero attached hydrogens (tertiary/aromatic N) is 5. The Hall–Kier alpha value is -2.91. The highest BCUT2D eigenvalue weighted by Gasteiger charge is 2.37. The molecule has 0 aliphatic carbocycles. The maximum Gasteiger partial charge on any atom is 0.244 e. The quantitative estimate of drug-likeness (QED) is 0.848. The molecule has 0 saturated carbocycles. The molecule has 4 rings (SSSR count). The van der Waals surface area contributed by atoms with Crippen molar-refractivity contribution < 1.29 is 4.79 Å². The molecule has 1 aromatic carbocycles. The summed E-state index contributed by atoms with van der Waals surface area (Å²) >= 11 is 0. The van der Waals surface area contributed by atoms with Crippen molar-refractivity contribution in [1.82, 2.24) is 9.88 Å². The Kier molecular flexibility index (Phi) is 4.55. The molecule has 1 aromatic heterocycles. The van der Waals surface area contributed by atoms with E-state index in [0.717, 1.165) is 50.6 Å². The fraction of sp³-hybridized carbons (Fsp3) is 0.350. The molecule has 26 heavy (non-hydrogen) atoms. The SMILES string of the molecule is N#Cc1cccc(N2CCN(C3CCN(c4ccccc4)C3=O)CC2)n1. The topological polar surface area (TPSA) is 63.5 Å². The van der Waals surface area contributed by atoms with E-state index in [2.05, 4.69) is 20.9 Å². The van der Waals surface area contributed by atoms with E-state index in [1.54, 1.807) is 6.07 Å². The minimum Gasteiger partial charge on any atom is -0.354 e. The highest BCUT2D eigenvalue weighted by molar-refractivity contribution is 5.99. The lowest BCUT2D eigenvalue weighted by molar-refractivity contribution is -0.121. The van der Waals surface area contributed by atoms with Crippen molar-refractivity contribution in [2.45, 2.75) is 12.5 Å². The van der Waals surface area contributed by atoms with Crippen molar-refractivity contribution >= 4 is 17.4 Å². The first-order valence-electron chi connectivity index (χ1n) is 8.99. The number of carbonyl (C=O) groups is 1. The van der Waals surface area contributed by atoms with Crippen molar-refractivity contribution in [2.75, 3.05) is 42.5 Å². The molecule has 6 nitrogen and oxygen atoms in total. The first-order valence-corrected chi connectivity index (χ1v) is 8.99. The van der Waals surface area contributed by atoms with Crippen LogP contribution in [0.5, 0.6) is 0 Å². The summed E-state index contributed by atoms with van der Waals surface area (Å²) in [5.74, 6) is 1.04. The number of anilines is 2. The van der Waals surface area contributed by atoms with Gasteiger partial charge in [0, 0.05) is 38.4 Å². The molecule has 132 valence electrons. The molecular weight excluding hydrogens is 326 g/mol. The molecule has 3 heterocycles. The van der Waals surface area contributed by atoms with Crippen LogP contribution in [0.25, 0.3) is 0 Å². The summed E-state index contributed by atoms with van der Waals surface area (Å²) in [6, 6.07) is 17.5. The number of aromatic nitrogens is 1. The van der Waals surface area contributed by atoms with Crippen LogP contribution in [0, 0.1) is 11.3 Å². The molecule has 6 heteroatoms. The van der Waals surface area contributed by atoms with Gasteiger partial charge in [0.1, 0.15) is 17.6 Å². The van der Waals surface area contributed by atoms with Gasteiger partial charge in [0.05, 0.1) is 6.04 Å². The zero-order chi connectivity index (χ0) is 17.9. The number of amides is 1. The van der Waals surface area contributed by atoms with Gasteiger partial charge in [0.25, 0.3) is 0 Å². The Balaban J connectivity index is 1.39. The lowest BCUT2D eigenvalue weighted by atomic mass is 10.1. The Morgan fingerprint density at radius 2 is 1.73 bits per heavy atom. The first-order chi connectivity index (χ1) is 12.8. The molecule has 1 atom stereocenters. The molecule has 2 saturated heterocycles. The number of piperazine rings is 1. The molecule has 2 aromatic rings. The van der Waals surface area contributed by atoms with Crippen LogP contribution in [0.1, 0.15) is 12.1 Å². The molecular formula is C20H21N5O. The number of hydrogen-bond donors (Lipinski definition) is 0. The Morgan fingerprint density at radius 3 is 2.46 bits per heavy atom. The molecule has 0 radical (unpaired) electrons. The Bertz CT molecular complexity index is 824. The van der Waals surface area contributed by atoms with Gasteiger partial charge < -0.3 is 9.80 Å². The van der Waals surface area contributed by atoms with Gasteiger partial charge in [-0.05, 0) is 30.7 Å². The average molecular weight is 347 g/mol. The summed E-state index contributed by atoms with van der Waals surface area (Å²) in [4.78, 5) is 23.6. The number of para-hydroxylation sites is 1. The summed E-state index contributed by atoms with van der Waals surface area (Å²) in [7, 11) is 0. The fourth-order valence-electron chi connectivity index (χ4n) is 3.79. The van der Waals surface area contributed by atoms with E-state index >= 15 is 0 Å². The van der Waals surface area contributed by atoms with E-state index in [0.29, 0.717) is 5.69 Å². The summed E-state index contributed by atoms with van der Waals surface area (Å²) in [5.41, 5.74) is 1.42. The fourth-order valence-corrected chi connectivity index (χ4v) is 3.79. The maximum atomic E-state index is 12.9. The predicted molar refractivity (Wildman–Crippen MR) is 99.9 cm³/mol. The van der Waals surface area contributed by atoms with Gasteiger partial charge in [-0.15, -0.1) is 0 Å². The molecule has 0 N–H and O–H groups in total. The monoisotopic (exact) mass is 347 g/mol. The van der Waals surface area contributed by atoms with E-state index < -0.39 is 0 Å². The zero-order valence-corrected chi connectivity index (χ0v) is 14.6. The number of hydrogen-bond acceptors (Lipinski definition) is 5. The van der Waals surface area contributed by atoms with Crippen molar-refractivity contribution in [3.63, 3.8) is 0 Å². The third-order valence-electron chi connectivity index (χ3n) is 5.17. The maximum absolute atomic E-state index is 12.9. The van der Waals surface area contributed by atoms with Crippen LogP contribution in [0.3, 0.4) is 0 Å². The second-order valence-corrected chi connectivity index (χ2v) is 6.65. The number of rotatable bonds is 3. The van der Waals surface area contributed by atoms with Crippen molar-refractivity contribution in [3.8, 4) is 6.07 Å². The van der Waals surface area contributed by atoms with Gasteiger partial charge >= 0.3 is 0 Å². The molecule has 0 spiro atoms. The summed E-state index contributed by atoms with van der Waals surface area (Å²) < 4.78 is 0. The van der Waals surface area contributed by atoms with Crippen LogP contribution in [-0.2, 0) is 4.79 Å². The van der Waals surface area contributed by atoms with E-state index in [4.69, 9.17) is 5.26 Å². The van der Waals surface area contributed by atoms with Crippen LogP contribution in [0.15, 0.2) is 48.5 Å². The second-order valence-electron chi connectivity index (χ2n) is 6.65. The van der Waals surface area contributed by atoms with Crippen molar-refractivity contribution in [2.24, 2.45) is 0 Å². The van der Waals surface area contributed by atoms with E-state index in [-0.39, 0.29) is 11.9 Å². The van der Waals surface area contributed by atoms with Crippen LogP contribution >= 0.6 is 0 Å². The largest absolute Gasteiger partial charge is 0.354 e. The Labute approximate surface area is 153 Å².